The van der Waals surface area contributed by atoms with Gasteiger partial charge in [-0.25, -0.2) is 4.79 Å². The number of methoxy groups -OCH3 is 12. The summed E-state index contributed by atoms with van der Waals surface area (Å²) in [4.78, 5) is 24.0. The number of ketones is 1. The Morgan fingerprint density at radius 2 is 0.727 bits per heavy atom. The van der Waals surface area contributed by atoms with Gasteiger partial charge in [-0.3, -0.25) is 4.79 Å². The van der Waals surface area contributed by atoms with Gasteiger partial charge in [0.25, 0.3) is 0 Å². The molecule has 0 fully saturated rings. The van der Waals surface area contributed by atoms with Crippen molar-refractivity contribution >= 4 is 11.8 Å². The maximum atomic E-state index is 13.2. The fourth-order valence-electron chi connectivity index (χ4n) is 5.06. The van der Waals surface area contributed by atoms with E-state index in [0.717, 1.165) is 0 Å². The number of hydrogen-bond acceptors (Lipinski definition) is 16. The molecular formula is C38H46O17. The Balaban J connectivity index is 0.000000315. The Bertz CT molecular complexity index is 1900. The van der Waals surface area contributed by atoms with Crippen LogP contribution in [0.4, 0.5) is 0 Å². The molecule has 0 heterocycles. The second-order valence-electron chi connectivity index (χ2n) is 10.3. The number of carboxylic acids is 1. The topological polar surface area (TPSA) is 206 Å². The minimum atomic E-state index is -1.28. The van der Waals surface area contributed by atoms with Crippen LogP contribution in [0.25, 0.3) is 0 Å². The highest BCUT2D eigenvalue weighted by atomic mass is 16.6. The lowest BCUT2D eigenvalue weighted by Crippen LogP contribution is -2.08. The number of ether oxygens (including phenoxy) is 12. The number of aromatic carboxylic acids is 1. The first kappa shape index (κ1) is 44.4. The predicted octanol–water partition coefficient (Wildman–Crippen LogP) is 5.50. The van der Waals surface area contributed by atoms with E-state index in [0.29, 0.717) is 23.0 Å². The molecule has 0 aliphatic heterocycles. The van der Waals surface area contributed by atoms with Crippen molar-refractivity contribution in [2.45, 2.75) is 0 Å². The minimum Gasteiger partial charge on any atom is -0.504 e. The predicted molar refractivity (Wildman–Crippen MR) is 198 cm³/mol. The van der Waals surface area contributed by atoms with Gasteiger partial charge in [0.1, 0.15) is 5.56 Å². The molecule has 55 heavy (non-hydrogen) atoms. The van der Waals surface area contributed by atoms with Crippen LogP contribution in [0.1, 0.15) is 26.3 Å². The van der Waals surface area contributed by atoms with Crippen molar-refractivity contribution in [2.24, 2.45) is 0 Å². The molecule has 0 unspecified atom stereocenters. The smallest absolute Gasteiger partial charge is 0.339 e. The largest absolute Gasteiger partial charge is 0.504 e. The number of hydrogen-bond donors (Lipinski definition) is 3. The average Bonchev–Trinajstić information content (AvgIpc) is 3.21. The van der Waals surface area contributed by atoms with Gasteiger partial charge in [-0.2, -0.15) is 0 Å². The molecule has 300 valence electrons. The van der Waals surface area contributed by atoms with E-state index < -0.39 is 17.5 Å². The molecule has 0 saturated heterocycles. The quantitative estimate of drug-likeness (QED) is 0.127. The Labute approximate surface area is 318 Å². The number of phenolic OH excluding ortho intramolecular Hbond substituents is 1. The lowest BCUT2D eigenvalue weighted by Gasteiger charge is -2.18. The first-order chi connectivity index (χ1) is 26.4. The number of carbonyl (C=O) groups is 2. The SMILES string of the molecule is COc1cc(C(=O)O)c(O)c(OC)c1OC.COc1ccc(C(=O)c2cc(OC)c(OC)c(OC)c2O)c(OC)c1OC.COc1cccc(OC)c1OC. The molecule has 0 spiro atoms. The van der Waals surface area contributed by atoms with E-state index in [-0.39, 0.29) is 68.4 Å². The summed E-state index contributed by atoms with van der Waals surface area (Å²) in [7, 11) is 17.3. The highest BCUT2D eigenvalue weighted by Crippen LogP contribution is 2.48. The molecular weight excluding hydrogens is 728 g/mol. The highest BCUT2D eigenvalue weighted by molar-refractivity contribution is 6.14. The summed E-state index contributed by atoms with van der Waals surface area (Å²) < 4.78 is 61.6. The molecule has 0 amide bonds. The number of para-hydroxylation sites is 1. The van der Waals surface area contributed by atoms with Crippen molar-refractivity contribution in [3.05, 3.63) is 59.2 Å². The fraction of sp³-hybridized carbons (Fsp3) is 0.316. The van der Waals surface area contributed by atoms with E-state index in [1.807, 2.05) is 18.2 Å². The van der Waals surface area contributed by atoms with Crippen molar-refractivity contribution in [1.82, 2.24) is 0 Å². The fourth-order valence-corrected chi connectivity index (χ4v) is 5.06. The zero-order valence-corrected chi connectivity index (χ0v) is 32.6. The van der Waals surface area contributed by atoms with Crippen molar-refractivity contribution in [3.8, 4) is 80.5 Å². The monoisotopic (exact) mass is 774 g/mol. The second-order valence-corrected chi connectivity index (χ2v) is 10.3. The van der Waals surface area contributed by atoms with Crippen LogP contribution in [0.5, 0.6) is 80.5 Å². The molecule has 4 aromatic rings. The molecule has 17 heteroatoms. The summed E-state index contributed by atoms with van der Waals surface area (Å²) in [6.45, 7) is 0. The van der Waals surface area contributed by atoms with Gasteiger partial charge in [0.05, 0.1) is 96.4 Å². The normalized spacial score (nSPS) is 9.82. The van der Waals surface area contributed by atoms with Crippen LogP contribution in [0.3, 0.4) is 0 Å². The third-order valence-electron chi connectivity index (χ3n) is 7.62. The number of benzene rings is 4. The van der Waals surface area contributed by atoms with E-state index in [4.69, 9.17) is 61.9 Å². The van der Waals surface area contributed by atoms with E-state index in [1.54, 1.807) is 27.4 Å². The number of carbonyl (C=O) groups excluding carboxylic acids is 1. The zero-order chi connectivity index (χ0) is 41.4. The molecule has 4 rings (SSSR count). The van der Waals surface area contributed by atoms with Gasteiger partial charge < -0.3 is 72.2 Å². The van der Waals surface area contributed by atoms with Gasteiger partial charge in [-0.05, 0) is 30.3 Å². The molecule has 0 bridgehead atoms. The summed E-state index contributed by atoms with van der Waals surface area (Å²) in [5.74, 6) is 0.791. The molecule has 0 atom stereocenters. The molecule has 0 saturated carbocycles. The first-order valence-corrected chi connectivity index (χ1v) is 15.7. The second kappa shape index (κ2) is 21.1. The molecule has 4 aromatic carbocycles. The van der Waals surface area contributed by atoms with Gasteiger partial charge in [0.2, 0.25) is 40.3 Å². The Morgan fingerprint density at radius 3 is 1.09 bits per heavy atom. The van der Waals surface area contributed by atoms with Crippen molar-refractivity contribution < 1.29 is 81.8 Å². The maximum Gasteiger partial charge on any atom is 0.339 e. The van der Waals surface area contributed by atoms with Crippen LogP contribution in [-0.4, -0.2) is 112 Å². The molecule has 3 N–H and O–H groups in total. The molecule has 0 aromatic heterocycles. The Morgan fingerprint density at radius 1 is 0.382 bits per heavy atom. The van der Waals surface area contributed by atoms with E-state index in [2.05, 4.69) is 0 Å². The van der Waals surface area contributed by atoms with Crippen LogP contribution in [0.2, 0.25) is 0 Å². The van der Waals surface area contributed by atoms with Crippen LogP contribution in [-0.2, 0) is 0 Å². The van der Waals surface area contributed by atoms with E-state index in [9.17, 15) is 19.8 Å². The number of aromatic hydroxyl groups is 2. The van der Waals surface area contributed by atoms with E-state index in [1.165, 1.54) is 82.2 Å². The van der Waals surface area contributed by atoms with Crippen molar-refractivity contribution in [1.29, 1.82) is 0 Å². The third-order valence-corrected chi connectivity index (χ3v) is 7.62. The summed E-state index contributed by atoms with van der Waals surface area (Å²) in [6, 6.07) is 11.1. The van der Waals surface area contributed by atoms with Gasteiger partial charge in [-0.1, -0.05) is 6.07 Å². The van der Waals surface area contributed by atoms with Crippen LogP contribution in [0, 0.1) is 0 Å². The van der Waals surface area contributed by atoms with Gasteiger partial charge >= 0.3 is 5.97 Å². The Hall–Kier alpha value is -6.78. The molecule has 0 radical (unpaired) electrons. The third kappa shape index (κ3) is 9.61. The van der Waals surface area contributed by atoms with Crippen molar-refractivity contribution in [2.75, 3.05) is 85.3 Å². The molecule has 17 nitrogen and oxygen atoms in total. The van der Waals surface area contributed by atoms with E-state index >= 15 is 0 Å². The number of rotatable bonds is 15. The molecule has 0 aliphatic carbocycles. The van der Waals surface area contributed by atoms with Crippen molar-refractivity contribution in [3.63, 3.8) is 0 Å². The molecule has 0 aliphatic rings. The lowest BCUT2D eigenvalue weighted by atomic mass is 9.99. The van der Waals surface area contributed by atoms with Gasteiger partial charge in [0.15, 0.2) is 46.0 Å². The average molecular weight is 775 g/mol. The lowest BCUT2D eigenvalue weighted by molar-refractivity contribution is 0.0692. The maximum absolute atomic E-state index is 13.2. The minimum absolute atomic E-state index is 0.0142. The highest BCUT2D eigenvalue weighted by Gasteiger charge is 2.28. The zero-order valence-electron chi connectivity index (χ0n) is 32.6. The standard InChI is InChI=1S/C19H22O8.C10H12O6.C9H12O3/c1-22-12-8-7-10(16(24-3)17(12)25-4)14(20)11-9-13(23-2)18(26-5)19(27-6)15(11)21;1-14-6-4-5(10(12)13)7(11)9(16-3)8(6)15-2;1-10-7-5-4-6-8(11-2)9(7)12-3/h7-9,21H,1-6H3;4,11H,1-3H3,(H,12,13);4-6H,1-3H3. The van der Waals surface area contributed by atoms with Crippen LogP contribution < -0.4 is 56.8 Å². The summed E-state index contributed by atoms with van der Waals surface area (Å²) in [5.41, 5.74) is -0.191. The summed E-state index contributed by atoms with van der Waals surface area (Å²) >= 11 is 0. The van der Waals surface area contributed by atoms with Crippen LogP contribution >= 0.6 is 0 Å². The van der Waals surface area contributed by atoms with Gasteiger partial charge in [0, 0.05) is 6.07 Å². The summed E-state index contributed by atoms with van der Waals surface area (Å²) in [5, 5.41) is 29.1. The van der Waals surface area contributed by atoms with Crippen LogP contribution in [0.15, 0.2) is 42.5 Å². The number of carboxylic acid groups (broad SMARTS) is 1. The summed E-state index contributed by atoms with van der Waals surface area (Å²) in [6.07, 6.45) is 0. The Kier molecular flexibility index (Phi) is 17.0. The first-order valence-electron chi connectivity index (χ1n) is 15.7. The van der Waals surface area contributed by atoms with Gasteiger partial charge in [-0.15, -0.1) is 0 Å². The number of phenols is 2.